The van der Waals surface area contributed by atoms with E-state index >= 15 is 0 Å². The summed E-state index contributed by atoms with van der Waals surface area (Å²) < 4.78 is 5.05. The van der Waals surface area contributed by atoms with Crippen LogP contribution in [0.5, 0.6) is 5.88 Å². The van der Waals surface area contributed by atoms with Gasteiger partial charge in [-0.3, -0.25) is 0 Å². The summed E-state index contributed by atoms with van der Waals surface area (Å²) in [5.74, 6) is 1.31. The van der Waals surface area contributed by atoms with Crippen molar-refractivity contribution in [2.75, 3.05) is 7.11 Å². The van der Waals surface area contributed by atoms with Gasteiger partial charge in [0, 0.05) is 12.3 Å². The second-order valence-corrected chi connectivity index (χ2v) is 3.79. The molecule has 0 amide bonds. The lowest BCUT2D eigenvalue weighted by Crippen LogP contribution is -2.35. The van der Waals surface area contributed by atoms with Gasteiger partial charge in [-0.15, -0.1) is 0 Å². The molecule has 0 saturated heterocycles. The van der Waals surface area contributed by atoms with Crippen LogP contribution in [-0.2, 0) is 5.54 Å². The third-order valence-corrected chi connectivity index (χ3v) is 2.78. The molecule has 4 nitrogen and oxygen atoms in total. The van der Waals surface area contributed by atoms with E-state index in [-0.39, 0.29) is 5.54 Å². The maximum atomic E-state index is 6.22. The predicted molar refractivity (Wildman–Crippen MR) is 52.9 cm³/mol. The Balaban J connectivity index is 2.30. The van der Waals surface area contributed by atoms with E-state index in [0.29, 0.717) is 11.7 Å². The highest BCUT2D eigenvalue weighted by Crippen LogP contribution is 2.34. The van der Waals surface area contributed by atoms with Gasteiger partial charge in [0.1, 0.15) is 0 Å². The maximum Gasteiger partial charge on any atom is 0.216 e. The van der Waals surface area contributed by atoms with Crippen LogP contribution in [0.25, 0.3) is 0 Å². The predicted octanol–water partition coefficient (Wildman–Crippen LogP) is 1.21. The molecule has 76 valence electrons. The van der Waals surface area contributed by atoms with Gasteiger partial charge >= 0.3 is 0 Å². The summed E-state index contributed by atoms with van der Waals surface area (Å²) in [7, 11) is 1.60. The molecule has 1 heterocycles. The molecule has 0 aromatic carbocycles. The summed E-state index contributed by atoms with van der Waals surface area (Å²) in [5.41, 5.74) is 5.90. The van der Waals surface area contributed by atoms with Crippen molar-refractivity contribution in [1.29, 1.82) is 0 Å². The fraction of sp³-hybridized carbons (Fsp3) is 0.600. The van der Waals surface area contributed by atoms with Crippen molar-refractivity contribution in [3.8, 4) is 5.88 Å². The van der Waals surface area contributed by atoms with E-state index in [0.717, 1.165) is 25.7 Å². The van der Waals surface area contributed by atoms with Crippen LogP contribution in [0, 0.1) is 0 Å². The van der Waals surface area contributed by atoms with Gasteiger partial charge in [-0.25, -0.2) is 4.98 Å². The van der Waals surface area contributed by atoms with Gasteiger partial charge in [0.2, 0.25) is 5.88 Å². The highest BCUT2D eigenvalue weighted by molar-refractivity contribution is 5.14. The number of aromatic nitrogens is 2. The molecule has 0 spiro atoms. The molecule has 0 bridgehead atoms. The third kappa shape index (κ3) is 1.57. The van der Waals surface area contributed by atoms with Gasteiger partial charge in [-0.05, 0) is 12.8 Å². The number of rotatable bonds is 2. The highest BCUT2D eigenvalue weighted by atomic mass is 16.5. The summed E-state index contributed by atoms with van der Waals surface area (Å²) in [5, 5.41) is 0. The van der Waals surface area contributed by atoms with Crippen molar-refractivity contribution in [3.63, 3.8) is 0 Å². The molecule has 2 N–H and O–H groups in total. The standard InChI is InChI=1S/C10H15N3O/c1-14-8-4-7-12-9(13-8)10(11)5-2-3-6-10/h4,7H,2-3,5-6,11H2,1H3. The van der Waals surface area contributed by atoms with E-state index in [1.807, 2.05) is 0 Å². The quantitative estimate of drug-likeness (QED) is 0.767. The number of nitrogens with zero attached hydrogens (tertiary/aromatic N) is 2. The zero-order valence-electron chi connectivity index (χ0n) is 8.36. The molecule has 0 atom stereocenters. The largest absolute Gasteiger partial charge is 0.481 e. The van der Waals surface area contributed by atoms with Crippen LogP contribution in [0.15, 0.2) is 12.3 Å². The Morgan fingerprint density at radius 1 is 1.43 bits per heavy atom. The first-order chi connectivity index (χ1) is 6.74. The van der Waals surface area contributed by atoms with Gasteiger partial charge in [0.25, 0.3) is 0 Å². The Morgan fingerprint density at radius 2 is 2.14 bits per heavy atom. The topological polar surface area (TPSA) is 61.0 Å². The van der Waals surface area contributed by atoms with Crippen LogP contribution in [0.2, 0.25) is 0 Å². The zero-order valence-corrected chi connectivity index (χ0v) is 8.36. The van der Waals surface area contributed by atoms with Crippen molar-refractivity contribution in [2.45, 2.75) is 31.2 Å². The maximum absolute atomic E-state index is 6.22. The molecule has 1 aliphatic rings. The SMILES string of the molecule is COc1ccnc(C2(N)CCCC2)n1. The van der Waals surface area contributed by atoms with Crippen LogP contribution in [0.4, 0.5) is 0 Å². The van der Waals surface area contributed by atoms with Crippen LogP contribution in [0.3, 0.4) is 0 Å². The Hall–Kier alpha value is -1.16. The third-order valence-electron chi connectivity index (χ3n) is 2.78. The number of hydrogen-bond donors (Lipinski definition) is 1. The Bertz CT molecular complexity index is 321. The lowest BCUT2D eigenvalue weighted by Gasteiger charge is -2.21. The average molecular weight is 193 g/mol. The number of ether oxygens (including phenoxy) is 1. The first-order valence-corrected chi connectivity index (χ1v) is 4.91. The minimum atomic E-state index is -0.325. The molecule has 1 fully saturated rings. The molecule has 0 unspecified atom stereocenters. The van der Waals surface area contributed by atoms with Crippen molar-refractivity contribution in [3.05, 3.63) is 18.1 Å². The average Bonchev–Trinajstić information content (AvgIpc) is 2.67. The Labute approximate surface area is 83.5 Å². The summed E-state index contributed by atoms with van der Waals surface area (Å²) in [6, 6.07) is 1.74. The zero-order chi connectivity index (χ0) is 10.0. The van der Waals surface area contributed by atoms with Crippen LogP contribution >= 0.6 is 0 Å². The first kappa shape index (κ1) is 9.40. The Morgan fingerprint density at radius 3 is 2.79 bits per heavy atom. The number of hydrogen-bond acceptors (Lipinski definition) is 4. The van der Waals surface area contributed by atoms with E-state index < -0.39 is 0 Å². The minimum absolute atomic E-state index is 0.325. The molecule has 0 radical (unpaired) electrons. The van der Waals surface area contributed by atoms with Crippen molar-refractivity contribution in [2.24, 2.45) is 5.73 Å². The minimum Gasteiger partial charge on any atom is -0.481 e. The van der Waals surface area contributed by atoms with E-state index in [1.54, 1.807) is 19.4 Å². The van der Waals surface area contributed by atoms with Crippen molar-refractivity contribution < 1.29 is 4.74 Å². The van der Waals surface area contributed by atoms with E-state index in [1.165, 1.54) is 0 Å². The van der Waals surface area contributed by atoms with Gasteiger partial charge in [0.05, 0.1) is 12.6 Å². The van der Waals surface area contributed by atoms with Crippen molar-refractivity contribution in [1.82, 2.24) is 9.97 Å². The van der Waals surface area contributed by atoms with E-state index in [4.69, 9.17) is 10.5 Å². The molecule has 2 rings (SSSR count). The van der Waals surface area contributed by atoms with Crippen LogP contribution in [0.1, 0.15) is 31.5 Å². The molecule has 1 saturated carbocycles. The highest BCUT2D eigenvalue weighted by Gasteiger charge is 2.34. The van der Waals surface area contributed by atoms with Crippen molar-refractivity contribution >= 4 is 0 Å². The number of methoxy groups -OCH3 is 1. The van der Waals surface area contributed by atoms with E-state index in [9.17, 15) is 0 Å². The number of nitrogens with two attached hydrogens (primary N) is 1. The molecular formula is C10H15N3O. The van der Waals surface area contributed by atoms with E-state index in [2.05, 4.69) is 9.97 Å². The second-order valence-electron chi connectivity index (χ2n) is 3.79. The first-order valence-electron chi connectivity index (χ1n) is 4.91. The summed E-state index contributed by atoms with van der Waals surface area (Å²) >= 11 is 0. The smallest absolute Gasteiger partial charge is 0.216 e. The molecule has 1 aliphatic carbocycles. The normalized spacial score (nSPS) is 19.6. The van der Waals surface area contributed by atoms with Gasteiger partial charge < -0.3 is 10.5 Å². The molecule has 1 aromatic rings. The van der Waals surface area contributed by atoms with Crippen LogP contribution < -0.4 is 10.5 Å². The lowest BCUT2D eigenvalue weighted by atomic mass is 9.98. The monoisotopic (exact) mass is 193 g/mol. The Kier molecular flexibility index (Phi) is 2.37. The molecule has 4 heteroatoms. The molecule has 0 aliphatic heterocycles. The molecule has 14 heavy (non-hydrogen) atoms. The van der Waals surface area contributed by atoms with Crippen LogP contribution in [-0.4, -0.2) is 17.1 Å². The van der Waals surface area contributed by atoms with Gasteiger partial charge in [-0.1, -0.05) is 12.8 Å². The second kappa shape index (κ2) is 3.53. The fourth-order valence-electron chi connectivity index (χ4n) is 1.93. The fourth-order valence-corrected chi connectivity index (χ4v) is 1.93. The summed E-state index contributed by atoms with van der Waals surface area (Å²) in [4.78, 5) is 8.51. The van der Waals surface area contributed by atoms with Gasteiger partial charge in [-0.2, -0.15) is 4.98 Å². The molecule has 1 aromatic heterocycles. The summed E-state index contributed by atoms with van der Waals surface area (Å²) in [6.45, 7) is 0. The van der Waals surface area contributed by atoms with Gasteiger partial charge in [0.15, 0.2) is 5.82 Å². The lowest BCUT2D eigenvalue weighted by molar-refractivity contribution is 0.376. The summed E-state index contributed by atoms with van der Waals surface area (Å²) in [6.07, 6.45) is 5.97. The molecular weight excluding hydrogens is 178 g/mol.